The first kappa shape index (κ1) is 12.9. The van der Waals surface area contributed by atoms with Crippen LogP contribution in [0.4, 0.5) is 0 Å². The van der Waals surface area contributed by atoms with Gasteiger partial charge in [0, 0.05) is 0 Å². The van der Waals surface area contributed by atoms with Crippen LogP contribution >= 0.6 is 0 Å². The Morgan fingerprint density at radius 1 is 1.29 bits per heavy atom. The number of primary amides is 1. The smallest absolute Gasteiger partial charge is 0.239 e. The van der Waals surface area contributed by atoms with Crippen molar-refractivity contribution in [2.45, 2.75) is 39.8 Å². The van der Waals surface area contributed by atoms with Gasteiger partial charge in [0.2, 0.25) is 11.8 Å². The van der Waals surface area contributed by atoms with Crippen LogP contribution < -0.4 is 16.8 Å². The summed E-state index contributed by atoms with van der Waals surface area (Å²) in [6.07, 6.45) is 0. The highest BCUT2D eigenvalue weighted by Crippen LogP contribution is 2.17. The number of carbonyl (C=O) groups is 2. The van der Waals surface area contributed by atoms with Crippen molar-refractivity contribution >= 4 is 11.8 Å². The third-order valence-electron chi connectivity index (χ3n) is 2.00. The van der Waals surface area contributed by atoms with Crippen LogP contribution in [-0.4, -0.2) is 23.9 Å². The first-order valence-corrected chi connectivity index (χ1v) is 4.51. The van der Waals surface area contributed by atoms with Gasteiger partial charge in [-0.1, -0.05) is 20.8 Å². The minimum atomic E-state index is -0.684. The van der Waals surface area contributed by atoms with E-state index in [0.717, 1.165) is 0 Å². The molecule has 0 saturated heterocycles. The molecule has 0 aromatic heterocycles. The van der Waals surface area contributed by atoms with Crippen molar-refractivity contribution in [2.75, 3.05) is 0 Å². The summed E-state index contributed by atoms with van der Waals surface area (Å²) in [5.74, 6) is -0.928. The molecule has 0 aliphatic heterocycles. The maximum atomic E-state index is 11.5. The second-order valence-corrected chi connectivity index (χ2v) is 4.48. The normalized spacial score (nSPS) is 15.8. The average molecular weight is 201 g/mol. The summed E-state index contributed by atoms with van der Waals surface area (Å²) in [4.78, 5) is 22.1. The van der Waals surface area contributed by atoms with E-state index in [1.54, 1.807) is 0 Å². The molecule has 82 valence electrons. The zero-order chi connectivity index (χ0) is 11.5. The lowest BCUT2D eigenvalue weighted by atomic mass is 9.87. The summed E-state index contributed by atoms with van der Waals surface area (Å²) < 4.78 is 0. The molecule has 0 aromatic rings. The second-order valence-electron chi connectivity index (χ2n) is 4.48. The fourth-order valence-electron chi connectivity index (χ4n) is 0.768. The number of nitrogens with two attached hydrogens (primary N) is 2. The summed E-state index contributed by atoms with van der Waals surface area (Å²) >= 11 is 0. The fraction of sp³-hybridized carbons (Fsp3) is 0.778. The maximum Gasteiger partial charge on any atom is 0.239 e. The summed E-state index contributed by atoms with van der Waals surface area (Å²) in [7, 11) is 0. The van der Waals surface area contributed by atoms with E-state index in [9.17, 15) is 9.59 Å². The molecule has 0 spiro atoms. The Morgan fingerprint density at radius 2 is 1.71 bits per heavy atom. The number of nitrogens with one attached hydrogen (secondary N) is 1. The van der Waals surface area contributed by atoms with E-state index < -0.39 is 18.0 Å². The van der Waals surface area contributed by atoms with Crippen molar-refractivity contribution in [1.29, 1.82) is 0 Å². The molecule has 0 rings (SSSR count). The van der Waals surface area contributed by atoms with Crippen molar-refractivity contribution in [1.82, 2.24) is 5.32 Å². The number of carbonyl (C=O) groups excluding carboxylic acids is 2. The van der Waals surface area contributed by atoms with E-state index in [1.165, 1.54) is 6.92 Å². The molecule has 14 heavy (non-hydrogen) atoms. The summed E-state index contributed by atoms with van der Waals surface area (Å²) in [6, 6.07) is -1.33. The number of amides is 2. The Labute approximate surface area is 84.2 Å². The third-order valence-corrected chi connectivity index (χ3v) is 2.00. The van der Waals surface area contributed by atoms with Gasteiger partial charge in [-0.3, -0.25) is 9.59 Å². The predicted octanol–water partition coefficient (Wildman–Crippen LogP) is -0.650. The predicted molar refractivity (Wildman–Crippen MR) is 54.2 cm³/mol. The molecule has 0 aliphatic carbocycles. The molecular weight excluding hydrogens is 182 g/mol. The van der Waals surface area contributed by atoms with E-state index in [2.05, 4.69) is 5.32 Å². The Hall–Kier alpha value is -1.10. The Kier molecular flexibility index (Phi) is 4.07. The topological polar surface area (TPSA) is 98.2 Å². The third kappa shape index (κ3) is 3.74. The van der Waals surface area contributed by atoms with Crippen LogP contribution in [0.5, 0.6) is 0 Å². The van der Waals surface area contributed by atoms with Gasteiger partial charge in [0.05, 0.1) is 6.04 Å². The molecule has 0 aromatic carbocycles. The van der Waals surface area contributed by atoms with Crippen LogP contribution in [0.25, 0.3) is 0 Å². The molecule has 0 saturated carbocycles. The highest BCUT2D eigenvalue weighted by molar-refractivity contribution is 5.88. The molecule has 0 aliphatic rings. The lowest BCUT2D eigenvalue weighted by molar-refractivity contribution is -0.129. The van der Waals surface area contributed by atoms with Crippen molar-refractivity contribution in [2.24, 2.45) is 16.9 Å². The van der Waals surface area contributed by atoms with Gasteiger partial charge in [0.25, 0.3) is 0 Å². The van der Waals surface area contributed by atoms with Crippen molar-refractivity contribution in [3.8, 4) is 0 Å². The lowest BCUT2D eigenvalue weighted by Crippen LogP contribution is -2.53. The summed E-state index contributed by atoms with van der Waals surface area (Å²) in [5.41, 5.74) is 10.3. The molecule has 0 fully saturated rings. The van der Waals surface area contributed by atoms with E-state index in [-0.39, 0.29) is 11.3 Å². The molecule has 0 radical (unpaired) electrons. The fourth-order valence-corrected chi connectivity index (χ4v) is 0.768. The van der Waals surface area contributed by atoms with Gasteiger partial charge >= 0.3 is 0 Å². The van der Waals surface area contributed by atoms with Gasteiger partial charge in [-0.05, 0) is 12.3 Å². The Balaban J connectivity index is 4.29. The standard InChI is InChI=1S/C9H19N3O2/c1-5(7(11)13)12-8(14)6(10)9(2,3)4/h5-6H,10H2,1-4H3,(H2,11,13)(H,12,14)/t5?,6-/m0/s1. The van der Waals surface area contributed by atoms with Crippen molar-refractivity contribution in [3.05, 3.63) is 0 Å². The zero-order valence-corrected chi connectivity index (χ0v) is 9.13. The average Bonchev–Trinajstić information content (AvgIpc) is 2.00. The van der Waals surface area contributed by atoms with E-state index in [0.29, 0.717) is 0 Å². The van der Waals surface area contributed by atoms with Crippen LogP contribution in [0.3, 0.4) is 0 Å². The summed E-state index contributed by atoms with van der Waals surface area (Å²) in [6.45, 7) is 7.08. The quantitative estimate of drug-likeness (QED) is 0.566. The monoisotopic (exact) mass is 201 g/mol. The minimum Gasteiger partial charge on any atom is -0.368 e. The van der Waals surface area contributed by atoms with Gasteiger partial charge in [-0.15, -0.1) is 0 Å². The molecule has 0 heterocycles. The summed E-state index contributed by atoms with van der Waals surface area (Å²) in [5, 5.41) is 2.45. The van der Waals surface area contributed by atoms with Crippen LogP contribution in [0.15, 0.2) is 0 Å². The maximum absolute atomic E-state index is 11.5. The number of rotatable bonds is 3. The Morgan fingerprint density at radius 3 is 2.00 bits per heavy atom. The van der Waals surface area contributed by atoms with Crippen molar-refractivity contribution < 1.29 is 9.59 Å². The first-order valence-electron chi connectivity index (χ1n) is 4.51. The number of hydrogen-bond acceptors (Lipinski definition) is 3. The molecule has 2 atom stereocenters. The van der Waals surface area contributed by atoms with Crippen molar-refractivity contribution in [3.63, 3.8) is 0 Å². The van der Waals surface area contributed by atoms with Crippen LogP contribution in [0, 0.1) is 5.41 Å². The second kappa shape index (κ2) is 4.41. The largest absolute Gasteiger partial charge is 0.368 e. The lowest BCUT2D eigenvalue weighted by Gasteiger charge is -2.26. The first-order chi connectivity index (χ1) is 6.16. The van der Waals surface area contributed by atoms with Gasteiger partial charge < -0.3 is 16.8 Å². The zero-order valence-electron chi connectivity index (χ0n) is 9.13. The molecular formula is C9H19N3O2. The van der Waals surface area contributed by atoms with Gasteiger partial charge in [-0.25, -0.2) is 0 Å². The highest BCUT2D eigenvalue weighted by Gasteiger charge is 2.28. The minimum absolute atomic E-state index is 0.332. The van der Waals surface area contributed by atoms with Crippen LogP contribution in [0.1, 0.15) is 27.7 Å². The molecule has 5 nitrogen and oxygen atoms in total. The molecule has 0 bridgehead atoms. The Bertz CT molecular complexity index is 233. The van der Waals surface area contributed by atoms with Gasteiger partial charge in [-0.2, -0.15) is 0 Å². The van der Waals surface area contributed by atoms with Gasteiger partial charge in [0.15, 0.2) is 0 Å². The number of hydrogen-bond donors (Lipinski definition) is 3. The highest BCUT2D eigenvalue weighted by atomic mass is 16.2. The van der Waals surface area contributed by atoms with E-state index >= 15 is 0 Å². The SMILES string of the molecule is CC(NC(=O)[C@H](N)C(C)(C)C)C(N)=O. The van der Waals surface area contributed by atoms with E-state index in [4.69, 9.17) is 11.5 Å². The van der Waals surface area contributed by atoms with Gasteiger partial charge in [0.1, 0.15) is 6.04 Å². The van der Waals surface area contributed by atoms with Crippen LogP contribution in [-0.2, 0) is 9.59 Å². The molecule has 5 N–H and O–H groups in total. The van der Waals surface area contributed by atoms with E-state index in [1.807, 2.05) is 20.8 Å². The molecule has 1 unspecified atom stereocenters. The van der Waals surface area contributed by atoms with Crippen LogP contribution in [0.2, 0.25) is 0 Å². The molecule has 2 amide bonds. The molecule has 5 heteroatoms.